The Morgan fingerprint density at radius 3 is 2.84 bits per heavy atom. The fraction of sp³-hybridized carbons (Fsp3) is 0.846. The number of morpholine rings is 1. The molecule has 1 heterocycles. The van der Waals surface area contributed by atoms with Crippen LogP contribution in [0.25, 0.3) is 0 Å². The van der Waals surface area contributed by atoms with Gasteiger partial charge in [-0.25, -0.2) is 0 Å². The van der Waals surface area contributed by atoms with Gasteiger partial charge in [-0.2, -0.15) is 0 Å². The van der Waals surface area contributed by atoms with E-state index in [0.29, 0.717) is 26.2 Å². The molecular formula is C13H24N2O4. The lowest BCUT2D eigenvalue weighted by molar-refractivity contribution is -0.154. The van der Waals surface area contributed by atoms with E-state index in [1.165, 1.54) is 7.11 Å². The van der Waals surface area contributed by atoms with E-state index in [1.807, 2.05) is 4.90 Å². The van der Waals surface area contributed by atoms with Gasteiger partial charge in [-0.1, -0.05) is 19.8 Å². The Labute approximate surface area is 114 Å². The molecule has 0 spiro atoms. The number of esters is 1. The number of ether oxygens (including phenoxy) is 2. The first-order chi connectivity index (χ1) is 9.15. The normalized spacial score (nSPS) is 21.7. The summed E-state index contributed by atoms with van der Waals surface area (Å²) in [5.74, 6) is -0.394. The molecule has 1 aliphatic rings. The predicted molar refractivity (Wildman–Crippen MR) is 70.7 cm³/mol. The van der Waals surface area contributed by atoms with Crippen molar-refractivity contribution in [2.75, 3.05) is 33.9 Å². The van der Waals surface area contributed by atoms with Crippen molar-refractivity contribution in [3.05, 3.63) is 0 Å². The summed E-state index contributed by atoms with van der Waals surface area (Å²) in [6.07, 6.45) is 2.64. The number of carbonyl (C=O) groups is 2. The number of methoxy groups -OCH3 is 1. The van der Waals surface area contributed by atoms with Gasteiger partial charge >= 0.3 is 5.97 Å². The van der Waals surface area contributed by atoms with E-state index < -0.39 is 6.04 Å². The van der Waals surface area contributed by atoms with Gasteiger partial charge in [0.05, 0.1) is 20.3 Å². The van der Waals surface area contributed by atoms with Crippen LogP contribution < -0.4 is 5.32 Å². The number of likely N-dealkylation sites (N-methyl/N-ethyl adjacent to an activating group) is 1. The Bertz CT molecular complexity index is 309. The summed E-state index contributed by atoms with van der Waals surface area (Å²) in [7, 11) is 2.98. The summed E-state index contributed by atoms with van der Waals surface area (Å²) in [5, 5.41) is 2.62. The molecule has 0 aromatic carbocycles. The van der Waals surface area contributed by atoms with Crippen molar-refractivity contribution in [1.82, 2.24) is 10.2 Å². The van der Waals surface area contributed by atoms with E-state index >= 15 is 0 Å². The first-order valence-electron chi connectivity index (χ1n) is 6.78. The minimum Gasteiger partial charge on any atom is -0.468 e. The molecule has 2 atom stereocenters. The molecule has 0 bridgehead atoms. The van der Waals surface area contributed by atoms with E-state index in [0.717, 1.165) is 12.8 Å². The van der Waals surface area contributed by atoms with E-state index in [1.54, 1.807) is 7.05 Å². The maximum absolute atomic E-state index is 11.9. The van der Waals surface area contributed by atoms with Crippen molar-refractivity contribution >= 4 is 11.9 Å². The second kappa shape index (κ2) is 8.12. The molecule has 1 amide bonds. The van der Waals surface area contributed by atoms with E-state index in [2.05, 4.69) is 12.2 Å². The zero-order chi connectivity index (χ0) is 14.3. The fourth-order valence-corrected chi connectivity index (χ4v) is 2.34. The van der Waals surface area contributed by atoms with Gasteiger partial charge < -0.3 is 14.8 Å². The van der Waals surface area contributed by atoms with Crippen molar-refractivity contribution in [3.63, 3.8) is 0 Å². The molecule has 6 nitrogen and oxygen atoms in total. The number of unbranched alkanes of at least 4 members (excludes halogenated alkanes) is 1. The molecule has 19 heavy (non-hydrogen) atoms. The number of nitrogens with zero attached hydrogens (tertiary/aromatic N) is 1. The number of nitrogens with one attached hydrogen (secondary N) is 1. The van der Waals surface area contributed by atoms with Gasteiger partial charge in [0.25, 0.3) is 0 Å². The van der Waals surface area contributed by atoms with Crippen molar-refractivity contribution < 1.29 is 19.1 Å². The van der Waals surface area contributed by atoms with Crippen LogP contribution in [0.2, 0.25) is 0 Å². The van der Waals surface area contributed by atoms with Crippen LogP contribution in [0.5, 0.6) is 0 Å². The Morgan fingerprint density at radius 1 is 1.53 bits per heavy atom. The minimum atomic E-state index is -0.417. The van der Waals surface area contributed by atoms with Gasteiger partial charge in [0, 0.05) is 13.6 Å². The van der Waals surface area contributed by atoms with Crippen molar-refractivity contribution in [2.45, 2.75) is 38.3 Å². The second-order valence-corrected chi connectivity index (χ2v) is 4.62. The average molecular weight is 272 g/mol. The van der Waals surface area contributed by atoms with Crippen LogP contribution in [0.15, 0.2) is 0 Å². The largest absolute Gasteiger partial charge is 0.468 e. The standard InChI is InChI=1S/C13H24N2O4/c1-4-5-6-10(13(17)18-3)15-7-8-19-9-11(15)12(16)14-2/h10-11H,4-9H2,1-3H3,(H,14,16). The first kappa shape index (κ1) is 15.9. The highest BCUT2D eigenvalue weighted by molar-refractivity contribution is 5.83. The molecule has 0 aromatic heterocycles. The van der Waals surface area contributed by atoms with Crippen LogP contribution >= 0.6 is 0 Å². The van der Waals surface area contributed by atoms with E-state index in [9.17, 15) is 9.59 Å². The molecule has 0 aromatic rings. The summed E-state index contributed by atoms with van der Waals surface area (Å²) >= 11 is 0. The highest BCUT2D eigenvalue weighted by Gasteiger charge is 2.37. The molecule has 0 radical (unpaired) electrons. The van der Waals surface area contributed by atoms with Crippen LogP contribution in [0.1, 0.15) is 26.2 Å². The number of carbonyl (C=O) groups excluding carboxylic acids is 2. The molecule has 0 saturated carbocycles. The van der Waals surface area contributed by atoms with E-state index in [4.69, 9.17) is 9.47 Å². The van der Waals surface area contributed by atoms with Gasteiger partial charge in [0.1, 0.15) is 12.1 Å². The highest BCUT2D eigenvalue weighted by Crippen LogP contribution is 2.17. The van der Waals surface area contributed by atoms with Crippen LogP contribution in [0.3, 0.4) is 0 Å². The molecule has 1 aliphatic heterocycles. The van der Waals surface area contributed by atoms with Crippen LogP contribution in [-0.4, -0.2) is 62.8 Å². The van der Waals surface area contributed by atoms with Gasteiger partial charge in [-0.15, -0.1) is 0 Å². The third-order valence-corrected chi connectivity index (χ3v) is 3.42. The molecule has 1 N–H and O–H groups in total. The third-order valence-electron chi connectivity index (χ3n) is 3.42. The zero-order valence-corrected chi connectivity index (χ0v) is 12.0. The molecule has 1 fully saturated rings. The Kier molecular flexibility index (Phi) is 6.80. The second-order valence-electron chi connectivity index (χ2n) is 4.62. The smallest absolute Gasteiger partial charge is 0.323 e. The maximum atomic E-state index is 11.9. The molecule has 2 unspecified atom stereocenters. The summed E-state index contributed by atoms with van der Waals surface area (Å²) < 4.78 is 10.2. The third kappa shape index (κ3) is 4.18. The Morgan fingerprint density at radius 2 is 2.26 bits per heavy atom. The zero-order valence-electron chi connectivity index (χ0n) is 12.0. The summed E-state index contributed by atoms with van der Waals surface area (Å²) in [6.45, 7) is 3.50. The highest BCUT2D eigenvalue weighted by atomic mass is 16.5. The Balaban J connectivity index is 2.82. The van der Waals surface area contributed by atoms with Crippen molar-refractivity contribution in [1.29, 1.82) is 0 Å². The lowest BCUT2D eigenvalue weighted by Gasteiger charge is -2.38. The van der Waals surface area contributed by atoms with Crippen LogP contribution in [0, 0.1) is 0 Å². The lowest BCUT2D eigenvalue weighted by atomic mass is 10.0. The van der Waals surface area contributed by atoms with Gasteiger partial charge in [-0.05, 0) is 6.42 Å². The van der Waals surface area contributed by atoms with Gasteiger partial charge in [-0.3, -0.25) is 14.5 Å². The van der Waals surface area contributed by atoms with Crippen LogP contribution in [0.4, 0.5) is 0 Å². The maximum Gasteiger partial charge on any atom is 0.323 e. The lowest BCUT2D eigenvalue weighted by Crippen LogP contribution is -2.58. The quantitative estimate of drug-likeness (QED) is 0.698. The summed E-state index contributed by atoms with van der Waals surface area (Å²) in [4.78, 5) is 25.7. The predicted octanol–water partition coefficient (Wildman–Crippen LogP) is 0.165. The van der Waals surface area contributed by atoms with Crippen LogP contribution in [-0.2, 0) is 19.1 Å². The number of amides is 1. The fourth-order valence-electron chi connectivity index (χ4n) is 2.34. The number of hydrogen-bond donors (Lipinski definition) is 1. The first-order valence-corrected chi connectivity index (χ1v) is 6.78. The SMILES string of the molecule is CCCCC(C(=O)OC)N1CCOCC1C(=O)NC. The van der Waals surface area contributed by atoms with Crippen molar-refractivity contribution in [2.24, 2.45) is 0 Å². The topological polar surface area (TPSA) is 67.9 Å². The molecule has 0 aliphatic carbocycles. The Hall–Kier alpha value is -1.14. The molecule has 6 heteroatoms. The molecule has 110 valence electrons. The summed E-state index contributed by atoms with van der Waals surface area (Å²) in [5.41, 5.74) is 0. The van der Waals surface area contributed by atoms with Gasteiger partial charge in [0.15, 0.2) is 0 Å². The van der Waals surface area contributed by atoms with Crippen molar-refractivity contribution in [3.8, 4) is 0 Å². The minimum absolute atomic E-state index is 0.120. The molecule has 1 saturated heterocycles. The van der Waals surface area contributed by atoms with Gasteiger partial charge in [0.2, 0.25) is 5.91 Å². The molecule has 1 rings (SSSR count). The summed E-state index contributed by atoms with van der Waals surface area (Å²) in [6, 6.07) is -0.782. The monoisotopic (exact) mass is 272 g/mol. The molecular weight excluding hydrogens is 248 g/mol. The van der Waals surface area contributed by atoms with E-state index in [-0.39, 0.29) is 17.9 Å². The number of rotatable bonds is 6. The number of hydrogen-bond acceptors (Lipinski definition) is 5. The average Bonchev–Trinajstić information content (AvgIpc) is 2.46.